The van der Waals surface area contributed by atoms with Crippen LogP contribution in [0.4, 0.5) is 0 Å². The summed E-state index contributed by atoms with van der Waals surface area (Å²) in [5, 5.41) is 3.27. The normalized spacial score (nSPS) is 13.9. The zero-order chi connectivity index (χ0) is 16.5. The average Bonchev–Trinajstić information content (AvgIpc) is 2.82. The van der Waals surface area contributed by atoms with Crippen molar-refractivity contribution in [3.05, 3.63) is 18.2 Å². The Morgan fingerprint density at radius 3 is 2.59 bits per heavy atom. The molecule has 0 aromatic carbocycles. The predicted molar refractivity (Wildman–Crippen MR) is 93.7 cm³/mol. The van der Waals surface area contributed by atoms with Gasteiger partial charge in [0.1, 0.15) is 12.4 Å². The summed E-state index contributed by atoms with van der Waals surface area (Å²) in [6.45, 7) is 12.5. The van der Waals surface area contributed by atoms with Crippen molar-refractivity contribution in [2.75, 3.05) is 0 Å². The van der Waals surface area contributed by atoms with Gasteiger partial charge in [-0.2, -0.15) is 0 Å². The fourth-order valence-corrected chi connectivity index (χ4v) is 2.41. The van der Waals surface area contributed by atoms with Gasteiger partial charge in [-0.25, -0.2) is 9.98 Å². The van der Waals surface area contributed by atoms with Crippen molar-refractivity contribution in [1.29, 1.82) is 0 Å². The highest BCUT2D eigenvalue weighted by Crippen LogP contribution is 2.08. The molecule has 0 saturated heterocycles. The number of hydrogen-bond acceptors (Lipinski definition) is 2. The fraction of sp³-hybridized carbons (Fsp3) is 0.765. The quantitative estimate of drug-likeness (QED) is 0.544. The summed E-state index contributed by atoms with van der Waals surface area (Å²) >= 11 is 0. The van der Waals surface area contributed by atoms with E-state index in [1.54, 1.807) is 0 Å². The second-order valence-corrected chi connectivity index (χ2v) is 6.96. The molecular weight excluding hydrogens is 274 g/mol. The Morgan fingerprint density at radius 1 is 1.23 bits per heavy atom. The van der Waals surface area contributed by atoms with Crippen LogP contribution in [-0.2, 0) is 13.1 Å². The number of imidazole rings is 1. The molecule has 0 radical (unpaired) electrons. The van der Waals surface area contributed by atoms with Crippen LogP contribution in [0.25, 0.3) is 0 Å². The van der Waals surface area contributed by atoms with Crippen LogP contribution in [0, 0.1) is 11.8 Å². The first-order valence-corrected chi connectivity index (χ1v) is 8.45. The molecule has 1 aromatic rings. The fourth-order valence-electron chi connectivity index (χ4n) is 2.41. The van der Waals surface area contributed by atoms with Gasteiger partial charge in [0, 0.05) is 25.0 Å². The molecule has 126 valence electrons. The summed E-state index contributed by atoms with van der Waals surface area (Å²) in [4.78, 5) is 8.78. The number of aliphatic imine (C=N–C) groups is 1. The lowest BCUT2D eigenvalue weighted by Gasteiger charge is -2.15. The van der Waals surface area contributed by atoms with Gasteiger partial charge in [-0.15, -0.1) is 0 Å². The Balaban J connectivity index is 2.40. The van der Waals surface area contributed by atoms with Crippen LogP contribution in [0.15, 0.2) is 17.4 Å². The number of guanidine groups is 1. The maximum Gasteiger partial charge on any atom is 0.189 e. The van der Waals surface area contributed by atoms with Gasteiger partial charge in [0.25, 0.3) is 0 Å². The monoisotopic (exact) mass is 307 g/mol. The van der Waals surface area contributed by atoms with E-state index in [2.05, 4.69) is 54.5 Å². The molecule has 0 aliphatic heterocycles. The molecule has 1 aromatic heterocycles. The molecule has 5 nitrogen and oxygen atoms in total. The molecule has 0 spiro atoms. The molecular formula is C17H33N5. The number of hydrogen-bond donors (Lipinski definition) is 2. The van der Waals surface area contributed by atoms with Gasteiger partial charge in [0.05, 0.1) is 0 Å². The zero-order valence-corrected chi connectivity index (χ0v) is 14.8. The Morgan fingerprint density at radius 2 is 1.95 bits per heavy atom. The van der Waals surface area contributed by atoms with Gasteiger partial charge in [-0.05, 0) is 25.2 Å². The van der Waals surface area contributed by atoms with E-state index >= 15 is 0 Å². The number of rotatable bonds is 9. The SMILES string of the molecule is CC(C)CCCC(C)NC(N)=NCc1nccn1CC(C)C. The lowest BCUT2D eigenvalue weighted by molar-refractivity contribution is 0.492. The highest BCUT2D eigenvalue weighted by Gasteiger charge is 2.06. The maximum absolute atomic E-state index is 5.98. The van der Waals surface area contributed by atoms with Crippen LogP contribution in [0.5, 0.6) is 0 Å². The number of aromatic nitrogens is 2. The summed E-state index contributed by atoms with van der Waals surface area (Å²) < 4.78 is 2.15. The second kappa shape index (κ2) is 9.49. The molecule has 0 aliphatic rings. The lowest BCUT2D eigenvalue weighted by Crippen LogP contribution is -2.38. The van der Waals surface area contributed by atoms with E-state index in [1.807, 2.05) is 12.4 Å². The molecule has 0 amide bonds. The molecule has 5 heteroatoms. The molecule has 1 atom stereocenters. The minimum Gasteiger partial charge on any atom is -0.370 e. The number of nitrogens with one attached hydrogen (secondary N) is 1. The molecule has 0 bridgehead atoms. The molecule has 3 N–H and O–H groups in total. The summed E-state index contributed by atoms with van der Waals surface area (Å²) in [6.07, 6.45) is 7.43. The van der Waals surface area contributed by atoms with E-state index in [9.17, 15) is 0 Å². The molecule has 1 unspecified atom stereocenters. The lowest BCUT2D eigenvalue weighted by atomic mass is 10.0. The minimum absolute atomic E-state index is 0.359. The Kier molecular flexibility index (Phi) is 7.99. The number of nitrogens with two attached hydrogens (primary N) is 1. The van der Waals surface area contributed by atoms with Gasteiger partial charge < -0.3 is 15.6 Å². The van der Waals surface area contributed by atoms with Crippen molar-refractivity contribution in [1.82, 2.24) is 14.9 Å². The third-order valence-corrected chi connectivity index (χ3v) is 3.57. The molecule has 1 rings (SSSR count). The van der Waals surface area contributed by atoms with Gasteiger partial charge in [-0.3, -0.25) is 0 Å². The van der Waals surface area contributed by atoms with Crippen molar-refractivity contribution < 1.29 is 0 Å². The molecule has 0 aliphatic carbocycles. The first-order valence-electron chi connectivity index (χ1n) is 8.45. The molecule has 1 heterocycles. The number of nitrogens with zero attached hydrogens (tertiary/aromatic N) is 3. The second-order valence-electron chi connectivity index (χ2n) is 6.96. The van der Waals surface area contributed by atoms with Crippen LogP contribution in [-0.4, -0.2) is 21.6 Å². The molecule has 22 heavy (non-hydrogen) atoms. The first-order chi connectivity index (χ1) is 10.4. The highest BCUT2D eigenvalue weighted by molar-refractivity contribution is 5.78. The van der Waals surface area contributed by atoms with Crippen molar-refractivity contribution in [2.24, 2.45) is 22.6 Å². The van der Waals surface area contributed by atoms with Gasteiger partial charge in [-0.1, -0.05) is 40.5 Å². The van der Waals surface area contributed by atoms with Gasteiger partial charge >= 0.3 is 0 Å². The van der Waals surface area contributed by atoms with Crippen LogP contribution < -0.4 is 11.1 Å². The Bertz CT molecular complexity index is 448. The van der Waals surface area contributed by atoms with Crippen LogP contribution in [0.2, 0.25) is 0 Å². The molecule has 0 saturated carbocycles. The predicted octanol–water partition coefficient (Wildman–Crippen LogP) is 3.16. The van der Waals surface area contributed by atoms with E-state index in [0.717, 1.165) is 24.7 Å². The molecule has 0 fully saturated rings. The summed E-state index contributed by atoms with van der Waals surface area (Å²) in [5.41, 5.74) is 5.98. The van der Waals surface area contributed by atoms with Gasteiger partial charge in [0.2, 0.25) is 0 Å². The van der Waals surface area contributed by atoms with Gasteiger partial charge in [0.15, 0.2) is 5.96 Å². The van der Waals surface area contributed by atoms with E-state index in [-0.39, 0.29) is 0 Å². The topological polar surface area (TPSA) is 68.2 Å². The Labute approximate surface area is 135 Å². The smallest absolute Gasteiger partial charge is 0.189 e. The standard InChI is InChI=1S/C17H33N5/c1-13(2)7-6-8-15(5)21-17(18)20-11-16-19-9-10-22(16)12-14(3)4/h9-10,13-15H,6-8,11-12H2,1-5H3,(H3,18,20,21). The van der Waals surface area contributed by atoms with E-state index in [0.29, 0.717) is 24.5 Å². The van der Waals surface area contributed by atoms with Crippen molar-refractivity contribution >= 4 is 5.96 Å². The third kappa shape index (κ3) is 7.48. The van der Waals surface area contributed by atoms with Crippen molar-refractivity contribution in [3.63, 3.8) is 0 Å². The van der Waals surface area contributed by atoms with Crippen LogP contribution in [0.3, 0.4) is 0 Å². The average molecular weight is 307 g/mol. The first kappa shape index (κ1) is 18.5. The van der Waals surface area contributed by atoms with E-state index in [4.69, 9.17) is 5.73 Å². The van der Waals surface area contributed by atoms with E-state index in [1.165, 1.54) is 12.8 Å². The Hall–Kier alpha value is -1.52. The summed E-state index contributed by atoms with van der Waals surface area (Å²) in [7, 11) is 0. The zero-order valence-electron chi connectivity index (χ0n) is 14.8. The third-order valence-electron chi connectivity index (χ3n) is 3.57. The summed E-state index contributed by atoms with van der Waals surface area (Å²) in [5.74, 6) is 2.83. The van der Waals surface area contributed by atoms with Crippen molar-refractivity contribution in [3.8, 4) is 0 Å². The largest absolute Gasteiger partial charge is 0.370 e. The van der Waals surface area contributed by atoms with Crippen molar-refractivity contribution in [2.45, 2.75) is 73.0 Å². The van der Waals surface area contributed by atoms with E-state index < -0.39 is 0 Å². The highest BCUT2D eigenvalue weighted by atomic mass is 15.1. The maximum atomic E-state index is 5.98. The summed E-state index contributed by atoms with van der Waals surface area (Å²) in [6, 6.07) is 0.359. The van der Waals surface area contributed by atoms with Crippen LogP contribution >= 0.6 is 0 Å². The minimum atomic E-state index is 0.359. The van der Waals surface area contributed by atoms with Crippen LogP contribution in [0.1, 0.15) is 59.7 Å².